The summed E-state index contributed by atoms with van der Waals surface area (Å²) in [6.45, 7) is 8.31. The first-order chi connectivity index (χ1) is 12.8. The van der Waals surface area contributed by atoms with Gasteiger partial charge in [-0.1, -0.05) is 24.3 Å². The fraction of sp³-hybridized carbons (Fsp3) is 0.364. The molecule has 0 aromatic heterocycles. The average molecular weight is 366 g/mol. The molecule has 5 heteroatoms. The third-order valence-corrected chi connectivity index (χ3v) is 4.38. The Morgan fingerprint density at radius 1 is 0.926 bits per heavy atom. The molecule has 142 valence electrons. The van der Waals surface area contributed by atoms with Crippen molar-refractivity contribution in [3.63, 3.8) is 0 Å². The van der Waals surface area contributed by atoms with E-state index in [0.29, 0.717) is 37.4 Å². The van der Waals surface area contributed by atoms with Crippen molar-refractivity contribution in [3.8, 4) is 11.1 Å². The molecule has 5 nitrogen and oxygen atoms in total. The molecule has 1 aliphatic heterocycles. The van der Waals surface area contributed by atoms with Crippen LogP contribution in [-0.4, -0.2) is 48.6 Å². The molecule has 27 heavy (non-hydrogen) atoms. The Hall–Kier alpha value is -2.66. The van der Waals surface area contributed by atoms with Crippen LogP contribution < -0.4 is 5.32 Å². The first-order valence-electron chi connectivity index (χ1n) is 9.23. The van der Waals surface area contributed by atoms with Gasteiger partial charge in [0.1, 0.15) is 0 Å². The van der Waals surface area contributed by atoms with E-state index in [1.54, 1.807) is 6.07 Å². The third-order valence-electron chi connectivity index (χ3n) is 4.38. The lowest BCUT2D eigenvalue weighted by Gasteiger charge is -2.26. The van der Waals surface area contributed by atoms with Crippen molar-refractivity contribution < 1.29 is 14.3 Å². The zero-order valence-corrected chi connectivity index (χ0v) is 16.1. The van der Waals surface area contributed by atoms with Gasteiger partial charge in [-0.15, -0.1) is 0 Å². The number of nitrogens with zero attached hydrogens (tertiary/aromatic N) is 1. The van der Waals surface area contributed by atoms with E-state index in [0.717, 1.165) is 11.1 Å². The number of hydrogen-bond donors (Lipinski definition) is 1. The van der Waals surface area contributed by atoms with Crippen molar-refractivity contribution in [2.45, 2.75) is 26.3 Å². The highest BCUT2D eigenvalue weighted by molar-refractivity contribution is 5.96. The van der Waals surface area contributed by atoms with Crippen LogP contribution in [0.3, 0.4) is 0 Å². The molecule has 1 saturated heterocycles. The van der Waals surface area contributed by atoms with Crippen LogP contribution in [0.4, 0.5) is 0 Å². The van der Waals surface area contributed by atoms with Crippen molar-refractivity contribution >= 4 is 11.8 Å². The van der Waals surface area contributed by atoms with E-state index in [4.69, 9.17) is 4.74 Å². The molecule has 0 atom stereocenters. The summed E-state index contributed by atoms with van der Waals surface area (Å²) in [4.78, 5) is 26.7. The maximum absolute atomic E-state index is 12.5. The number of carbonyl (C=O) groups excluding carboxylic acids is 2. The second kappa shape index (κ2) is 7.92. The molecule has 1 heterocycles. The molecule has 1 N–H and O–H groups in total. The summed E-state index contributed by atoms with van der Waals surface area (Å²) < 4.78 is 5.30. The number of amides is 2. The van der Waals surface area contributed by atoms with Crippen LogP contribution in [0.5, 0.6) is 0 Å². The lowest BCUT2D eigenvalue weighted by Crippen LogP contribution is -2.40. The summed E-state index contributed by atoms with van der Waals surface area (Å²) in [5, 5.41) is 2.98. The van der Waals surface area contributed by atoms with E-state index < -0.39 is 0 Å². The van der Waals surface area contributed by atoms with Crippen LogP contribution in [0.25, 0.3) is 11.1 Å². The summed E-state index contributed by atoms with van der Waals surface area (Å²) >= 11 is 0. The van der Waals surface area contributed by atoms with Gasteiger partial charge in [0.2, 0.25) is 0 Å². The van der Waals surface area contributed by atoms with Gasteiger partial charge >= 0.3 is 0 Å². The fourth-order valence-electron chi connectivity index (χ4n) is 3.01. The van der Waals surface area contributed by atoms with Gasteiger partial charge in [0.25, 0.3) is 11.8 Å². The van der Waals surface area contributed by atoms with Crippen LogP contribution in [0.1, 0.15) is 41.5 Å². The molecule has 0 aliphatic carbocycles. The Kier molecular flexibility index (Phi) is 5.61. The molecular weight excluding hydrogens is 340 g/mol. The molecule has 3 rings (SSSR count). The van der Waals surface area contributed by atoms with Gasteiger partial charge in [-0.25, -0.2) is 0 Å². The monoisotopic (exact) mass is 366 g/mol. The SMILES string of the molecule is CC(C)(C)NC(=O)c1cccc(-c2ccc(C(=O)N3CCOCC3)cc2)c1. The number of nitrogens with one attached hydrogen (secondary N) is 1. The largest absolute Gasteiger partial charge is 0.378 e. The minimum absolute atomic E-state index is 0.0307. The van der Waals surface area contributed by atoms with E-state index in [-0.39, 0.29) is 17.4 Å². The van der Waals surface area contributed by atoms with Crippen molar-refractivity contribution in [2.24, 2.45) is 0 Å². The summed E-state index contributed by atoms with van der Waals surface area (Å²) in [5.41, 5.74) is 2.92. The number of ether oxygens (including phenoxy) is 1. The van der Waals surface area contributed by atoms with Crippen molar-refractivity contribution in [2.75, 3.05) is 26.3 Å². The van der Waals surface area contributed by atoms with E-state index in [1.165, 1.54) is 0 Å². The quantitative estimate of drug-likeness (QED) is 0.906. The lowest BCUT2D eigenvalue weighted by molar-refractivity contribution is 0.0303. The summed E-state index contributed by atoms with van der Waals surface area (Å²) in [6, 6.07) is 15.1. The minimum atomic E-state index is -0.283. The first kappa shape index (κ1) is 19.1. The molecule has 0 saturated carbocycles. The minimum Gasteiger partial charge on any atom is -0.378 e. The number of morpholine rings is 1. The van der Waals surface area contributed by atoms with Gasteiger partial charge in [-0.05, 0) is 56.2 Å². The Balaban J connectivity index is 1.76. The molecule has 1 fully saturated rings. The Morgan fingerprint density at radius 2 is 1.59 bits per heavy atom. The zero-order valence-electron chi connectivity index (χ0n) is 16.1. The molecule has 0 bridgehead atoms. The van der Waals surface area contributed by atoms with Crippen molar-refractivity contribution in [1.29, 1.82) is 0 Å². The van der Waals surface area contributed by atoms with Gasteiger partial charge in [-0.3, -0.25) is 9.59 Å². The smallest absolute Gasteiger partial charge is 0.254 e. The van der Waals surface area contributed by atoms with Crippen LogP contribution >= 0.6 is 0 Å². The van der Waals surface area contributed by atoms with Crippen molar-refractivity contribution in [1.82, 2.24) is 10.2 Å². The summed E-state index contributed by atoms with van der Waals surface area (Å²) in [5.74, 6) is -0.0633. The molecule has 2 aromatic rings. The summed E-state index contributed by atoms with van der Waals surface area (Å²) in [6.07, 6.45) is 0. The second-order valence-electron chi connectivity index (χ2n) is 7.77. The Morgan fingerprint density at radius 3 is 2.22 bits per heavy atom. The van der Waals surface area contributed by atoms with Gasteiger partial charge in [0.15, 0.2) is 0 Å². The van der Waals surface area contributed by atoms with Gasteiger partial charge < -0.3 is 15.0 Å². The molecule has 1 aliphatic rings. The maximum atomic E-state index is 12.5. The van der Waals surface area contributed by atoms with Crippen LogP contribution in [-0.2, 0) is 4.74 Å². The molecule has 0 radical (unpaired) electrons. The first-order valence-corrected chi connectivity index (χ1v) is 9.23. The van der Waals surface area contributed by atoms with Gasteiger partial charge in [0.05, 0.1) is 13.2 Å². The van der Waals surface area contributed by atoms with Crippen molar-refractivity contribution in [3.05, 3.63) is 59.7 Å². The van der Waals surface area contributed by atoms with Gasteiger partial charge in [-0.2, -0.15) is 0 Å². The van der Waals surface area contributed by atoms with E-state index in [9.17, 15) is 9.59 Å². The average Bonchev–Trinajstić information content (AvgIpc) is 2.67. The third kappa shape index (κ3) is 4.95. The molecular formula is C22H26N2O3. The second-order valence-corrected chi connectivity index (χ2v) is 7.77. The predicted molar refractivity (Wildman–Crippen MR) is 106 cm³/mol. The highest BCUT2D eigenvalue weighted by atomic mass is 16.5. The predicted octanol–water partition coefficient (Wildman–Crippen LogP) is 3.35. The fourth-order valence-corrected chi connectivity index (χ4v) is 3.01. The summed E-state index contributed by atoms with van der Waals surface area (Å²) in [7, 11) is 0. The number of benzene rings is 2. The number of rotatable bonds is 3. The molecule has 2 aromatic carbocycles. The lowest BCUT2D eigenvalue weighted by atomic mass is 10.0. The standard InChI is InChI=1S/C22H26N2O3/c1-22(2,3)23-20(25)19-6-4-5-18(15-19)16-7-9-17(10-8-16)21(26)24-11-13-27-14-12-24/h4-10,15H,11-14H2,1-3H3,(H,23,25). The Labute approximate surface area is 160 Å². The highest BCUT2D eigenvalue weighted by Gasteiger charge is 2.19. The van der Waals surface area contributed by atoms with E-state index >= 15 is 0 Å². The zero-order chi connectivity index (χ0) is 19.4. The normalized spacial score (nSPS) is 14.7. The number of carbonyl (C=O) groups is 2. The molecule has 0 unspecified atom stereocenters. The van der Waals surface area contributed by atoms with E-state index in [2.05, 4.69) is 5.32 Å². The van der Waals surface area contributed by atoms with Gasteiger partial charge in [0, 0.05) is 29.8 Å². The van der Waals surface area contributed by atoms with Crippen LogP contribution in [0.2, 0.25) is 0 Å². The van der Waals surface area contributed by atoms with E-state index in [1.807, 2.05) is 68.1 Å². The van der Waals surface area contributed by atoms with Crippen LogP contribution in [0.15, 0.2) is 48.5 Å². The van der Waals surface area contributed by atoms with Crippen LogP contribution in [0, 0.1) is 0 Å². The highest BCUT2D eigenvalue weighted by Crippen LogP contribution is 2.22. The number of hydrogen-bond acceptors (Lipinski definition) is 3. The maximum Gasteiger partial charge on any atom is 0.254 e. The molecule has 2 amide bonds. The molecule has 0 spiro atoms. The topological polar surface area (TPSA) is 58.6 Å². The Bertz CT molecular complexity index is 816.